The highest BCUT2D eigenvalue weighted by molar-refractivity contribution is 5.58. The zero-order valence-electron chi connectivity index (χ0n) is 7.42. The van der Waals surface area contributed by atoms with Crippen molar-refractivity contribution in [1.82, 2.24) is 4.73 Å². The van der Waals surface area contributed by atoms with Crippen molar-refractivity contribution in [3.05, 3.63) is 58.9 Å². The number of aromatic nitrogens is 1. The van der Waals surface area contributed by atoms with Crippen LogP contribution in [0.15, 0.2) is 53.3 Å². The van der Waals surface area contributed by atoms with E-state index in [4.69, 9.17) is 0 Å². The van der Waals surface area contributed by atoms with Crippen molar-refractivity contribution in [2.24, 2.45) is 0 Å². The molecule has 0 radical (unpaired) electrons. The Morgan fingerprint density at radius 1 is 0.929 bits per heavy atom. The van der Waals surface area contributed by atoms with E-state index in [1.54, 1.807) is 12.1 Å². The maximum absolute atomic E-state index is 11.1. The summed E-state index contributed by atoms with van der Waals surface area (Å²) in [5.41, 5.74) is 0.886. The lowest BCUT2D eigenvalue weighted by atomic mass is 10.1. The molecule has 70 valence electrons. The van der Waals surface area contributed by atoms with E-state index in [-0.39, 0.29) is 0 Å². The van der Waals surface area contributed by atoms with Gasteiger partial charge in [-0.1, -0.05) is 36.4 Å². The van der Waals surface area contributed by atoms with Gasteiger partial charge in [0.1, 0.15) is 0 Å². The third-order valence-corrected chi connectivity index (χ3v) is 2.00. The van der Waals surface area contributed by atoms with Crippen LogP contribution in [0.4, 0.5) is 0 Å². The molecule has 0 aliphatic carbocycles. The minimum absolute atomic E-state index is 0.425. The number of rotatable bonds is 1. The molecule has 0 fully saturated rings. The van der Waals surface area contributed by atoms with E-state index in [9.17, 15) is 10.0 Å². The highest BCUT2D eigenvalue weighted by Gasteiger charge is 2.02. The van der Waals surface area contributed by atoms with Crippen molar-refractivity contribution in [1.29, 1.82) is 0 Å². The van der Waals surface area contributed by atoms with Crippen molar-refractivity contribution in [3.63, 3.8) is 0 Å². The summed E-state index contributed by atoms with van der Waals surface area (Å²) < 4.78 is 0.648. The van der Waals surface area contributed by atoms with Gasteiger partial charge in [-0.15, -0.1) is 4.73 Å². The molecule has 1 aromatic heterocycles. The molecule has 0 saturated heterocycles. The van der Waals surface area contributed by atoms with Crippen LogP contribution in [0.2, 0.25) is 0 Å². The first-order valence-electron chi connectivity index (χ1n) is 4.26. The highest BCUT2D eigenvalue weighted by Crippen LogP contribution is 2.15. The van der Waals surface area contributed by atoms with Gasteiger partial charge in [-0.25, -0.2) is 0 Å². The van der Waals surface area contributed by atoms with Crippen LogP contribution >= 0.6 is 0 Å². The molecule has 1 N–H and O–H groups in total. The largest absolute Gasteiger partial charge is 0.425 e. The smallest absolute Gasteiger partial charge is 0.283 e. The molecule has 0 atom stereocenters. The second kappa shape index (κ2) is 3.38. The first-order chi connectivity index (χ1) is 6.79. The fraction of sp³-hybridized carbons (Fsp3) is 0. The Balaban J connectivity index is 2.64. The number of benzene rings is 1. The summed E-state index contributed by atoms with van der Waals surface area (Å²) in [6.07, 6.45) is 0. The standard InChI is InChI=1S/C11H9NO2/c13-11-8-4-7-10(12(11)14)9-5-2-1-3-6-9/h1-8,14H. The van der Waals surface area contributed by atoms with Crippen molar-refractivity contribution < 1.29 is 5.21 Å². The molecule has 0 spiro atoms. The molecule has 0 saturated carbocycles. The Morgan fingerprint density at radius 3 is 2.36 bits per heavy atom. The molecular weight excluding hydrogens is 178 g/mol. The van der Waals surface area contributed by atoms with E-state index < -0.39 is 5.56 Å². The first kappa shape index (κ1) is 8.56. The minimum Gasteiger partial charge on any atom is -0.425 e. The summed E-state index contributed by atoms with van der Waals surface area (Å²) in [7, 11) is 0. The zero-order chi connectivity index (χ0) is 9.97. The average Bonchev–Trinajstić information content (AvgIpc) is 2.23. The lowest BCUT2D eigenvalue weighted by molar-refractivity contribution is 0.180. The maximum Gasteiger partial charge on any atom is 0.283 e. The lowest BCUT2D eigenvalue weighted by Gasteiger charge is -2.04. The Hall–Kier alpha value is -2.03. The van der Waals surface area contributed by atoms with E-state index >= 15 is 0 Å². The second-order valence-corrected chi connectivity index (χ2v) is 2.93. The minimum atomic E-state index is -0.425. The maximum atomic E-state index is 11.1. The second-order valence-electron chi connectivity index (χ2n) is 2.93. The summed E-state index contributed by atoms with van der Waals surface area (Å²) in [6, 6.07) is 13.9. The van der Waals surface area contributed by atoms with Gasteiger partial charge >= 0.3 is 0 Å². The fourth-order valence-corrected chi connectivity index (χ4v) is 1.31. The Bertz CT molecular complexity index is 488. The van der Waals surface area contributed by atoms with Crippen LogP contribution < -0.4 is 5.56 Å². The van der Waals surface area contributed by atoms with E-state index in [1.807, 2.05) is 30.3 Å². The van der Waals surface area contributed by atoms with Gasteiger partial charge in [0.2, 0.25) is 0 Å². The van der Waals surface area contributed by atoms with Crippen molar-refractivity contribution >= 4 is 0 Å². The number of pyridine rings is 1. The molecule has 0 amide bonds. The van der Waals surface area contributed by atoms with Crippen molar-refractivity contribution in [2.75, 3.05) is 0 Å². The van der Waals surface area contributed by atoms with Gasteiger partial charge in [0.15, 0.2) is 0 Å². The molecular formula is C11H9NO2. The van der Waals surface area contributed by atoms with Crippen LogP contribution in [0.3, 0.4) is 0 Å². The van der Waals surface area contributed by atoms with Gasteiger partial charge in [-0.3, -0.25) is 4.79 Å². The van der Waals surface area contributed by atoms with Crippen molar-refractivity contribution in [2.45, 2.75) is 0 Å². The molecule has 1 aromatic carbocycles. The van der Waals surface area contributed by atoms with Gasteiger partial charge in [0, 0.05) is 11.6 Å². The predicted octanol–water partition coefficient (Wildman–Crippen LogP) is 1.75. The predicted molar refractivity (Wildman–Crippen MR) is 53.3 cm³/mol. The summed E-state index contributed by atoms with van der Waals surface area (Å²) in [5, 5.41) is 9.46. The fourth-order valence-electron chi connectivity index (χ4n) is 1.31. The monoisotopic (exact) mass is 187 g/mol. The summed E-state index contributed by atoms with van der Waals surface area (Å²) >= 11 is 0. The summed E-state index contributed by atoms with van der Waals surface area (Å²) in [5.74, 6) is 0. The van der Waals surface area contributed by atoms with Crippen LogP contribution in [0.5, 0.6) is 0 Å². The lowest BCUT2D eigenvalue weighted by Crippen LogP contribution is -2.17. The topological polar surface area (TPSA) is 42.2 Å². The quantitative estimate of drug-likeness (QED) is 0.691. The van der Waals surface area contributed by atoms with Crippen LogP contribution in [-0.4, -0.2) is 9.94 Å². The Kier molecular flexibility index (Phi) is 2.07. The normalized spacial score (nSPS) is 10.0. The SMILES string of the molecule is O=c1cccc(-c2ccccc2)n1O. The third-order valence-electron chi connectivity index (χ3n) is 2.00. The molecule has 14 heavy (non-hydrogen) atoms. The Labute approximate surface area is 80.8 Å². The van der Waals surface area contributed by atoms with Crippen LogP contribution in [0, 0.1) is 0 Å². The zero-order valence-corrected chi connectivity index (χ0v) is 7.42. The molecule has 2 rings (SSSR count). The molecule has 3 heteroatoms. The summed E-state index contributed by atoms with van der Waals surface area (Å²) in [6.45, 7) is 0. The average molecular weight is 187 g/mol. The number of nitrogens with zero attached hydrogens (tertiary/aromatic N) is 1. The van der Waals surface area contributed by atoms with Gasteiger partial charge in [-0.2, -0.15) is 0 Å². The van der Waals surface area contributed by atoms with Gasteiger partial charge < -0.3 is 5.21 Å². The van der Waals surface area contributed by atoms with Gasteiger partial charge in [-0.05, 0) is 6.07 Å². The molecule has 0 unspecified atom stereocenters. The third kappa shape index (κ3) is 1.40. The molecule has 2 aromatic rings. The van der Waals surface area contributed by atoms with Crippen LogP contribution in [-0.2, 0) is 0 Å². The summed E-state index contributed by atoms with van der Waals surface area (Å²) in [4.78, 5) is 11.1. The van der Waals surface area contributed by atoms with Crippen molar-refractivity contribution in [3.8, 4) is 11.3 Å². The van der Waals surface area contributed by atoms with E-state index in [1.165, 1.54) is 6.07 Å². The first-order valence-corrected chi connectivity index (χ1v) is 4.26. The van der Waals surface area contributed by atoms with Crippen LogP contribution in [0.1, 0.15) is 0 Å². The number of hydrogen-bond acceptors (Lipinski definition) is 2. The molecule has 1 heterocycles. The van der Waals surface area contributed by atoms with Gasteiger partial charge in [0.25, 0.3) is 5.56 Å². The number of hydrogen-bond donors (Lipinski definition) is 1. The molecule has 0 aliphatic rings. The molecule has 0 aliphatic heterocycles. The molecule has 0 bridgehead atoms. The Morgan fingerprint density at radius 2 is 1.64 bits per heavy atom. The van der Waals surface area contributed by atoms with E-state index in [2.05, 4.69) is 0 Å². The highest BCUT2D eigenvalue weighted by atomic mass is 16.5. The van der Waals surface area contributed by atoms with E-state index in [0.29, 0.717) is 10.4 Å². The van der Waals surface area contributed by atoms with Gasteiger partial charge in [0.05, 0.1) is 5.69 Å². The molecule has 3 nitrogen and oxygen atoms in total. The van der Waals surface area contributed by atoms with Crippen LogP contribution in [0.25, 0.3) is 11.3 Å². The van der Waals surface area contributed by atoms with E-state index in [0.717, 1.165) is 5.56 Å².